The van der Waals surface area contributed by atoms with E-state index < -0.39 is 18.4 Å². The number of rotatable bonds is 1. The van der Waals surface area contributed by atoms with Crippen LogP contribution < -0.4 is 5.56 Å². The Morgan fingerprint density at radius 1 is 1.56 bits per heavy atom. The summed E-state index contributed by atoms with van der Waals surface area (Å²) >= 11 is 0. The van der Waals surface area contributed by atoms with E-state index in [2.05, 4.69) is 10.3 Å². The zero-order valence-electron chi connectivity index (χ0n) is 10.1. The van der Waals surface area contributed by atoms with Crippen molar-refractivity contribution in [2.45, 2.75) is 38.8 Å². The van der Waals surface area contributed by atoms with Crippen LogP contribution in [0.3, 0.4) is 0 Å². The number of nitrogens with zero attached hydrogens (tertiary/aromatic N) is 4. The fourth-order valence-corrected chi connectivity index (χ4v) is 2.28. The van der Waals surface area contributed by atoms with Crippen molar-refractivity contribution in [2.75, 3.05) is 0 Å². The van der Waals surface area contributed by atoms with Crippen LogP contribution in [0.15, 0.2) is 16.9 Å². The van der Waals surface area contributed by atoms with Gasteiger partial charge in [0.15, 0.2) is 5.65 Å². The van der Waals surface area contributed by atoms with Gasteiger partial charge >= 0.3 is 0 Å². The number of ether oxygens (including phenoxy) is 1. The Balaban J connectivity index is 2.26. The minimum atomic E-state index is -0.642. The van der Waals surface area contributed by atoms with Crippen LogP contribution >= 0.6 is 0 Å². The lowest BCUT2D eigenvalue weighted by atomic mass is 10.2. The normalized spacial score (nSPS) is 25.1. The maximum atomic E-state index is 11.9. The molecule has 3 heterocycles. The molecular weight excluding hydrogens is 236 g/mol. The molecular formula is C11H14N4O3. The van der Waals surface area contributed by atoms with Crippen molar-refractivity contribution in [3.05, 3.63) is 22.5 Å². The highest BCUT2D eigenvalue weighted by Gasteiger charge is 2.27. The molecule has 7 nitrogen and oxygen atoms in total. The van der Waals surface area contributed by atoms with Crippen LogP contribution in [-0.4, -0.2) is 36.9 Å². The van der Waals surface area contributed by atoms with Gasteiger partial charge in [0.2, 0.25) is 0 Å². The molecule has 3 rings (SSSR count). The van der Waals surface area contributed by atoms with Gasteiger partial charge in [0.25, 0.3) is 5.56 Å². The van der Waals surface area contributed by atoms with Crippen LogP contribution in [0.4, 0.5) is 0 Å². The van der Waals surface area contributed by atoms with E-state index in [9.17, 15) is 9.90 Å². The molecule has 2 aromatic heterocycles. The van der Waals surface area contributed by atoms with E-state index in [0.29, 0.717) is 17.7 Å². The third kappa shape index (κ3) is 1.55. The first-order chi connectivity index (χ1) is 8.58. The third-order valence-corrected chi connectivity index (χ3v) is 3.21. The first-order valence-electron chi connectivity index (χ1n) is 5.86. The molecule has 96 valence electrons. The van der Waals surface area contributed by atoms with E-state index in [4.69, 9.17) is 4.74 Å². The molecule has 0 aromatic carbocycles. The van der Waals surface area contributed by atoms with Crippen LogP contribution in [0, 0.1) is 0 Å². The average Bonchev–Trinajstić information content (AvgIpc) is 2.63. The zero-order valence-corrected chi connectivity index (χ0v) is 10.1. The predicted octanol–water partition coefficient (Wildman–Crippen LogP) is -0.109. The Labute approximate surface area is 103 Å². The molecule has 0 radical (unpaired) electrons. The highest BCUT2D eigenvalue weighted by molar-refractivity contribution is 5.70. The van der Waals surface area contributed by atoms with Crippen LogP contribution in [0.2, 0.25) is 0 Å². The molecule has 1 aliphatic rings. The monoisotopic (exact) mass is 250 g/mol. The summed E-state index contributed by atoms with van der Waals surface area (Å²) in [6, 6.07) is 3.09. The van der Waals surface area contributed by atoms with Gasteiger partial charge in [-0.1, -0.05) is 5.21 Å². The largest absolute Gasteiger partial charge is 0.391 e. The molecule has 0 spiro atoms. The van der Waals surface area contributed by atoms with Gasteiger partial charge in [-0.3, -0.25) is 9.36 Å². The number of aliphatic hydroxyl groups excluding tert-OH is 1. The zero-order chi connectivity index (χ0) is 12.9. The van der Waals surface area contributed by atoms with Crippen LogP contribution in [0.25, 0.3) is 11.2 Å². The second-order valence-corrected chi connectivity index (χ2v) is 4.54. The van der Waals surface area contributed by atoms with Gasteiger partial charge in [-0.2, -0.15) is 0 Å². The van der Waals surface area contributed by atoms with Crippen LogP contribution in [0.1, 0.15) is 20.1 Å². The van der Waals surface area contributed by atoms with Crippen molar-refractivity contribution in [1.29, 1.82) is 0 Å². The van der Waals surface area contributed by atoms with E-state index >= 15 is 0 Å². The summed E-state index contributed by atoms with van der Waals surface area (Å²) in [5, 5.41) is 17.7. The molecule has 0 saturated heterocycles. The summed E-state index contributed by atoms with van der Waals surface area (Å²) in [5.74, 6) is 0. The van der Waals surface area contributed by atoms with E-state index in [1.54, 1.807) is 24.6 Å². The molecule has 7 heteroatoms. The van der Waals surface area contributed by atoms with Gasteiger partial charge in [-0.25, -0.2) is 4.68 Å². The van der Waals surface area contributed by atoms with Crippen molar-refractivity contribution in [1.82, 2.24) is 19.6 Å². The summed E-state index contributed by atoms with van der Waals surface area (Å²) in [5.41, 5.74) is 1.12. The standard InChI is InChI=1S/C11H14N4O3/c1-6(16)9-5-14-11-8(12-13-14)3-4-10(17)15(11)7(2)18-9/h3-4,6-7,9,16H,5H2,1-2H3/t6?,7-,9-/m1/s1. The van der Waals surface area contributed by atoms with E-state index in [1.807, 2.05) is 0 Å². The fraction of sp³-hybridized carbons (Fsp3) is 0.545. The average molecular weight is 250 g/mol. The summed E-state index contributed by atoms with van der Waals surface area (Å²) < 4.78 is 8.83. The SMILES string of the molecule is CC(O)[C@H]1Cn2nnc3ccc(=O)n(c32)[C@@H](C)O1. The first kappa shape index (κ1) is 11.4. The van der Waals surface area contributed by atoms with Gasteiger partial charge in [-0.05, 0) is 19.9 Å². The Morgan fingerprint density at radius 2 is 2.33 bits per heavy atom. The summed E-state index contributed by atoms with van der Waals surface area (Å²) in [7, 11) is 0. The Morgan fingerprint density at radius 3 is 3.06 bits per heavy atom. The Hall–Kier alpha value is -1.73. The molecule has 18 heavy (non-hydrogen) atoms. The smallest absolute Gasteiger partial charge is 0.254 e. The predicted molar refractivity (Wildman–Crippen MR) is 63.1 cm³/mol. The second-order valence-electron chi connectivity index (χ2n) is 4.54. The minimum absolute atomic E-state index is 0.162. The minimum Gasteiger partial charge on any atom is -0.391 e. The molecule has 3 atom stereocenters. The number of aliphatic hydroxyl groups is 1. The van der Waals surface area contributed by atoms with Crippen LogP contribution in [-0.2, 0) is 11.3 Å². The van der Waals surface area contributed by atoms with E-state index in [0.717, 1.165) is 0 Å². The lowest BCUT2D eigenvalue weighted by molar-refractivity contribution is -0.0938. The molecule has 2 aromatic rings. The lowest BCUT2D eigenvalue weighted by Crippen LogP contribution is -2.32. The molecule has 0 amide bonds. The maximum Gasteiger partial charge on any atom is 0.254 e. The van der Waals surface area contributed by atoms with Gasteiger partial charge in [0.1, 0.15) is 17.8 Å². The summed E-state index contributed by atoms with van der Waals surface area (Å²) in [4.78, 5) is 11.9. The molecule has 1 aliphatic heterocycles. The van der Waals surface area contributed by atoms with Crippen molar-refractivity contribution >= 4 is 11.2 Å². The van der Waals surface area contributed by atoms with Gasteiger partial charge in [0.05, 0.1) is 12.6 Å². The van der Waals surface area contributed by atoms with Crippen molar-refractivity contribution in [2.24, 2.45) is 0 Å². The fourth-order valence-electron chi connectivity index (χ4n) is 2.28. The van der Waals surface area contributed by atoms with Gasteiger partial charge in [-0.15, -0.1) is 5.10 Å². The summed E-state index contributed by atoms with van der Waals surface area (Å²) in [6.07, 6.45) is -1.51. The van der Waals surface area contributed by atoms with Crippen LogP contribution in [0.5, 0.6) is 0 Å². The quantitative estimate of drug-likeness (QED) is 0.763. The molecule has 0 saturated carbocycles. The number of hydrogen-bond acceptors (Lipinski definition) is 5. The molecule has 0 aliphatic carbocycles. The summed E-state index contributed by atoms with van der Waals surface area (Å²) in [6.45, 7) is 3.81. The Bertz CT molecular complexity index is 645. The molecule has 1 unspecified atom stereocenters. The van der Waals surface area contributed by atoms with Gasteiger partial charge < -0.3 is 9.84 Å². The van der Waals surface area contributed by atoms with Crippen molar-refractivity contribution < 1.29 is 9.84 Å². The number of aromatic nitrogens is 4. The molecule has 0 fully saturated rings. The third-order valence-electron chi connectivity index (χ3n) is 3.21. The Kier molecular flexibility index (Phi) is 2.46. The highest BCUT2D eigenvalue weighted by Crippen LogP contribution is 2.22. The van der Waals surface area contributed by atoms with E-state index in [-0.39, 0.29) is 5.56 Å². The second kappa shape index (κ2) is 3.89. The topological polar surface area (TPSA) is 82.2 Å². The van der Waals surface area contributed by atoms with Gasteiger partial charge in [0, 0.05) is 6.07 Å². The highest BCUT2D eigenvalue weighted by atomic mass is 16.5. The molecule has 1 N–H and O–H groups in total. The van der Waals surface area contributed by atoms with Crippen molar-refractivity contribution in [3.63, 3.8) is 0 Å². The van der Waals surface area contributed by atoms with Crippen molar-refractivity contribution in [3.8, 4) is 0 Å². The molecule has 0 bridgehead atoms. The first-order valence-corrected chi connectivity index (χ1v) is 5.86. The van der Waals surface area contributed by atoms with E-state index in [1.165, 1.54) is 10.6 Å². The number of pyridine rings is 1. The number of hydrogen-bond donors (Lipinski definition) is 1. The lowest BCUT2D eigenvalue weighted by Gasteiger charge is -2.22. The maximum absolute atomic E-state index is 11.9.